The first-order valence-electron chi connectivity index (χ1n) is 6.20. The lowest BCUT2D eigenvalue weighted by Gasteiger charge is -2.03. The van der Waals surface area contributed by atoms with Crippen LogP contribution in [0.5, 0.6) is 5.75 Å². The van der Waals surface area contributed by atoms with E-state index >= 15 is 0 Å². The van der Waals surface area contributed by atoms with E-state index in [1.54, 1.807) is 30.3 Å². The number of carbonyl (C=O) groups is 2. The Bertz CT molecular complexity index is 753. The van der Waals surface area contributed by atoms with E-state index in [4.69, 9.17) is 14.4 Å². The van der Waals surface area contributed by atoms with E-state index in [-0.39, 0.29) is 17.1 Å². The summed E-state index contributed by atoms with van der Waals surface area (Å²) in [6.45, 7) is 0. The number of rotatable bonds is 4. The minimum absolute atomic E-state index is 0.0771. The Morgan fingerprint density at radius 2 is 2.09 bits per heavy atom. The summed E-state index contributed by atoms with van der Waals surface area (Å²) in [5.41, 5.74) is 0.365. The predicted octanol–water partition coefficient (Wildman–Crippen LogP) is 2.58. The van der Waals surface area contributed by atoms with Gasteiger partial charge < -0.3 is 13.9 Å². The van der Waals surface area contributed by atoms with Crippen LogP contribution in [0, 0.1) is 11.3 Å². The van der Waals surface area contributed by atoms with E-state index in [1.165, 1.54) is 31.6 Å². The van der Waals surface area contributed by atoms with Gasteiger partial charge in [0.25, 0.3) is 0 Å². The van der Waals surface area contributed by atoms with Gasteiger partial charge in [0.05, 0.1) is 13.4 Å². The summed E-state index contributed by atoms with van der Waals surface area (Å²) < 4.78 is 14.6. The van der Waals surface area contributed by atoms with Crippen LogP contribution in [-0.4, -0.2) is 19.0 Å². The monoisotopic (exact) mass is 297 g/mol. The van der Waals surface area contributed by atoms with Crippen molar-refractivity contribution in [3.63, 3.8) is 0 Å². The number of nitriles is 1. The Hall–Kier alpha value is -3.33. The maximum atomic E-state index is 11.8. The highest BCUT2D eigenvalue weighted by atomic mass is 16.5. The molecule has 0 N–H and O–H groups in total. The van der Waals surface area contributed by atoms with Crippen LogP contribution in [0.15, 0.2) is 52.7 Å². The van der Waals surface area contributed by atoms with Crippen LogP contribution in [0.1, 0.15) is 16.1 Å². The van der Waals surface area contributed by atoms with Gasteiger partial charge in [0.1, 0.15) is 17.4 Å². The van der Waals surface area contributed by atoms with Gasteiger partial charge >= 0.3 is 11.9 Å². The Balaban J connectivity index is 2.20. The molecule has 0 aliphatic carbocycles. The Morgan fingerprint density at radius 1 is 1.27 bits per heavy atom. The van der Waals surface area contributed by atoms with E-state index in [0.29, 0.717) is 5.56 Å². The van der Waals surface area contributed by atoms with E-state index in [2.05, 4.69) is 4.74 Å². The summed E-state index contributed by atoms with van der Waals surface area (Å²) in [4.78, 5) is 23.1. The molecule has 0 fully saturated rings. The summed E-state index contributed by atoms with van der Waals surface area (Å²) in [5.74, 6) is -1.04. The predicted molar refractivity (Wildman–Crippen MR) is 75.7 cm³/mol. The molecule has 1 aromatic heterocycles. The molecule has 0 bridgehead atoms. The lowest BCUT2D eigenvalue weighted by Crippen LogP contribution is -2.07. The zero-order chi connectivity index (χ0) is 15.9. The van der Waals surface area contributed by atoms with Gasteiger partial charge in [-0.1, -0.05) is 12.1 Å². The van der Waals surface area contributed by atoms with Crippen LogP contribution >= 0.6 is 0 Å². The average Bonchev–Trinajstić information content (AvgIpc) is 3.06. The first kappa shape index (κ1) is 15.1. The number of furan rings is 1. The molecule has 1 aromatic carbocycles. The number of hydrogen-bond donors (Lipinski definition) is 0. The maximum Gasteiger partial charge on any atom is 0.379 e. The van der Waals surface area contributed by atoms with Gasteiger partial charge in [0, 0.05) is 0 Å². The highest BCUT2D eigenvalue weighted by molar-refractivity contribution is 5.97. The van der Waals surface area contributed by atoms with Gasteiger partial charge in [0.15, 0.2) is 0 Å². The first-order valence-corrected chi connectivity index (χ1v) is 6.20. The van der Waals surface area contributed by atoms with Crippen molar-refractivity contribution in [2.75, 3.05) is 7.11 Å². The van der Waals surface area contributed by atoms with Crippen molar-refractivity contribution in [1.82, 2.24) is 0 Å². The third-order valence-corrected chi connectivity index (χ3v) is 2.63. The number of nitrogens with zero attached hydrogens (tertiary/aromatic N) is 1. The van der Waals surface area contributed by atoms with Crippen LogP contribution in [0.3, 0.4) is 0 Å². The zero-order valence-corrected chi connectivity index (χ0v) is 11.6. The molecule has 0 aliphatic rings. The molecule has 6 nitrogen and oxygen atoms in total. The van der Waals surface area contributed by atoms with E-state index in [9.17, 15) is 9.59 Å². The molecular weight excluding hydrogens is 286 g/mol. The van der Waals surface area contributed by atoms with Crippen LogP contribution in [0.2, 0.25) is 0 Å². The lowest BCUT2D eigenvalue weighted by atomic mass is 10.1. The van der Waals surface area contributed by atoms with Crippen molar-refractivity contribution >= 4 is 18.0 Å². The number of carbonyl (C=O) groups excluding carboxylic acids is 2. The van der Waals surface area contributed by atoms with Crippen molar-refractivity contribution in [2.24, 2.45) is 0 Å². The van der Waals surface area contributed by atoms with Gasteiger partial charge in [-0.3, -0.25) is 0 Å². The second-order valence-electron chi connectivity index (χ2n) is 4.10. The van der Waals surface area contributed by atoms with E-state index in [1.807, 2.05) is 0 Å². The molecule has 0 saturated heterocycles. The highest BCUT2D eigenvalue weighted by Crippen LogP contribution is 2.18. The highest BCUT2D eigenvalue weighted by Gasteiger charge is 2.12. The summed E-state index contributed by atoms with van der Waals surface area (Å²) in [6.07, 6.45) is 2.71. The fraction of sp³-hybridized carbons (Fsp3) is 0.0625. The topological polar surface area (TPSA) is 89.5 Å². The van der Waals surface area contributed by atoms with E-state index in [0.717, 1.165) is 0 Å². The average molecular weight is 297 g/mol. The molecule has 0 saturated carbocycles. The van der Waals surface area contributed by atoms with Crippen LogP contribution in [-0.2, 0) is 9.53 Å². The Kier molecular flexibility index (Phi) is 4.73. The fourth-order valence-electron chi connectivity index (χ4n) is 1.63. The summed E-state index contributed by atoms with van der Waals surface area (Å²) in [7, 11) is 1.19. The summed E-state index contributed by atoms with van der Waals surface area (Å²) in [5, 5.41) is 8.91. The molecular formula is C16H11NO5. The van der Waals surface area contributed by atoms with Gasteiger partial charge in [-0.2, -0.15) is 5.26 Å². The number of ether oxygens (including phenoxy) is 2. The molecule has 0 unspecified atom stereocenters. The second kappa shape index (κ2) is 6.90. The van der Waals surface area contributed by atoms with Crippen molar-refractivity contribution in [2.45, 2.75) is 0 Å². The first-order chi connectivity index (χ1) is 10.6. The molecule has 2 rings (SSSR count). The fourth-order valence-corrected chi connectivity index (χ4v) is 1.63. The largest absolute Gasteiger partial charge is 0.465 e. The van der Waals surface area contributed by atoms with Gasteiger partial charge in [0.2, 0.25) is 5.76 Å². The Labute approximate surface area is 126 Å². The van der Waals surface area contributed by atoms with Gasteiger partial charge in [-0.15, -0.1) is 0 Å². The van der Waals surface area contributed by atoms with E-state index < -0.39 is 11.9 Å². The second-order valence-corrected chi connectivity index (χ2v) is 4.10. The number of hydrogen-bond acceptors (Lipinski definition) is 6. The standard InChI is InChI=1S/C16H11NO5/c1-20-15(18)12(10-17)8-11-4-2-5-13(9-11)22-16(19)14-6-3-7-21-14/h2-9H,1H3/b12-8-. The molecule has 2 aromatic rings. The van der Waals surface area contributed by atoms with Crippen molar-refractivity contribution in [3.05, 3.63) is 59.6 Å². The molecule has 6 heteroatoms. The van der Waals surface area contributed by atoms with Crippen molar-refractivity contribution in [1.29, 1.82) is 5.26 Å². The van der Waals surface area contributed by atoms with Crippen LogP contribution in [0.4, 0.5) is 0 Å². The van der Waals surface area contributed by atoms with Gasteiger partial charge in [-0.25, -0.2) is 9.59 Å². The van der Waals surface area contributed by atoms with Crippen molar-refractivity contribution in [3.8, 4) is 11.8 Å². The molecule has 1 heterocycles. The minimum atomic E-state index is -0.736. The smallest absolute Gasteiger partial charge is 0.379 e. The van der Waals surface area contributed by atoms with Crippen molar-refractivity contribution < 1.29 is 23.5 Å². The van der Waals surface area contributed by atoms with Crippen LogP contribution < -0.4 is 4.74 Å². The quantitative estimate of drug-likeness (QED) is 0.373. The number of methoxy groups -OCH3 is 1. The lowest BCUT2D eigenvalue weighted by molar-refractivity contribution is -0.135. The number of benzene rings is 1. The molecule has 22 heavy (non-hydrogen) atoms. The molecule has 0 radical (unpaired) electrons. The molecule has 0 spiro atoms. The SMILES string of the molecule is COC(=O)/C(C#N)=C\c1cccc(OC(=O)c2ccco2)c1. The van der Waals surface area contributed by atoms with Crippen LogP contribution in [0.25, 0.3) is 6.08 Å². The summed E-state index contributed by atoms with van der Waals surface area (Å²) >= 11 is 0. The number of esters is 2. The minimum Gasteiger partial charge on any atom is -0.465 e. The third-order valence-electron chi connectivity index (χ3n) is 2.63. The molecule has 0 atom stereocenters. The van der Waals surface area contributed by atoms with Gasteiger partial charge in [-0.05, 0) is 35.9 Å². The Morgan fingerprint density at radius 3 is 2.73 bits per heavy atom. The maximum absolute atomic E-state index is 11.8. The zero-order valence-electron chi connectivity index (χ0n) is 11.6. The molecule has 0 aliphatic heterocycles. The third kappa shape index (κ3) is 3.61. The molecule has 0 amide bonds. The summed E-state index contributed by atoms with van der Waals surface area (Å²) in [6, 6.07) is 11.2. The molecule has 110 valence electrons. The normalized spacial score (nSPS) is 10.6.